The Labute approximate surface area is 539 Å². The predicted octanol–water partition coefficient (Wildman–Crippen LogP) is 14.9. The smallest absolute Gasteiger partial charge is 0.347 e. The van der Waals surface area contributed by atoms with Crippen LogP contribution < -0.4 is 0 Å². The van der Waals surface area contributed by atoms with Crippen molar-refractivity contribution in [1.29, 1.82) is 0 Å². The van der Waals surface area contributed by atoms with E-state index >= 15 is 0 Å². The number of rotatable bonds is 19. The molecule has 10 aliphatic carbocycles. The number of ether oxygens (including phenoxy) is 7. The van der Waals surface area contributed by atoms with Gasteiger partial charge in [-0.3, -0.25) is 4.18 Å². The second kappa shape index (κ2) is 28.9. The van der Waals surface area contributed by atoms with Crippen LogP contribution >= 0.6 is 0 Å². The zero-order valence-corrected chi connectivity index (χ0v) is 58.0. The summed E-state index contributed by atoms with van der Waals surface area (Å²) in [6.07, 6.45) is 25.0. The maximum Gasteiger partial charge on any atom is 0.347 e. The minimum Gasteiger partial charge on any atom is -0.456 e. The van der Waals surface area contributed by atoms with Gasteiger partial charge in [-0.15, -0.1) is 0 Å². The van der Waals surface area contributed by atoms with Crippen LogP contribution in [0.5, 0.6) is 0 Å². The van der Waals surface area contributed by atoms with Crippen molar-refractivity contribution in [2.75, 3.05) is 0 Å². The molecule has 0 N–H and O–H groups in total. The van der Waals surface area contributed by atoms with Gasteiger partial charge in [-0.25, -0.2) is 28.8 Å². The van der Waals surface area contributed by atoms with Crippen molar-refractivity contribution >= 4 is 45.9 Å². The molecular weight excluding hydrogens is 1160 g/mol. The van der Waals surface area contributed by atoms with Gasteiger partial charge in [0.1, 0.15) is 39.9 Å². The Morgan fingerprint density at radius 1 is 0.533 bits per heavy atom. The first-order valence-corrected chi connectivity index (χ1v) is 35.8. The second-order valence-corrected chi connectivity index (χ2v) is 32.0. The van der Waals surface area contributed by atoms with Crippen LogP contribution in [0.25, 0.3) is 0 Å². The normalized spacial score (nSPS) is 33.3. The molecule has 0 radical (unpaired) electrons. The number of fused-ring (bicyclic) bond motifs is 1. The van der Waals surface area contributed by atoms with Crippen LogP contribution in [0.1, 0.15) is 251 Å². The molecule has 3 saturated heterocycles. The fourth-order valence-corrected chi connectivity index (χ4v) is 20.2. The van der Waals surface area contributed by atoms with Crippen LogP contribution in [0.4, 0.5) is 0 Å². The van der Waals surface area contributed by atoms with Crippen LogP contribution in [-0.4, -0.2) is 102 Å². The first-order chi connectivity index (χ1) is 42.1. The third kappa shape index (κ3) is 15.6. The molecule has 0 aromatic heterocycles. The zero-order valence-electron chi connectivity index (χ0n) is 57.2. The summed E-state index contributed by atoms with van der Waals surface area (Å²) >= 11 is 0. The van der Waals surface area contributed by atoms with Crippen LogP contribution in [-0.2, 0) is 76.2 Å². The Hall–Kier alpha value is -4.61. The Kier molecular flexibility index (Phi) is 23.4. The minimum atomic E-state index is -3.66. The summed E-state index contributed by atoms with van der Waals surface area (Å²) in [5.74, 6) is 3.37. The van der Waals surface area contributed by atoms with Gasteiger partial charge in [0.15, 0.2) is 12.2 Å². The van der Waals surface area contributed by atoms with E-state index in [4.69, 9.17) is 37.3 Å². The molecule has 16 nitrogen and oxygen atoms in total. The predicted molar refractivity (Wildman–Crippen MR) is 345 cm³/mol. The molecule has 3 aliphatic heterocycles. The highest BCUT2D eigenvalue weighted by Gasteiger charge is 2.68. The molecule has 10 bridgehead atoms. The van der Waals surface area contributed by atoms with Crippen LogP contribution in [0.2, 0.25) is 0 Å². The lowest BCUT2D eigenvalue weighted by molar-refractivity contribution is -0.209. The van der Waals surface area contributed by atoms with Crippen LogP contribution in [0.3, 0.4) is 0 Å². The van der Waals surface area contributed by atoms with Gasteiger partial charge in [-0.1, -0.05) is 74.4 Å². The van der Waals surface area contributed by atoms with E-state index in [1.807, 2.05) is 0 Å². The van der Waals surface area contributed by atoms with Crippen molar-refractivity contribution in [3.63, 3.8) is 0 Å². The summed E-state index contributed by atoms with van der Waals surface area (Å²) in [7, 11) is -3.66. The van der Waals surface area contributed by atoms with Crippen molar-refractivity contribution < 1.29 is 74.5 Å². The van der Waals surface area contributed by atoms with E-state index in [0.717, 1.165) is 86.9 Å². The fourth-order valence-electron chi connectivity index (χ4n) is 18.6. The van der Waals surface area contributed by atoms with Gasteiger partial charge < -0.3 is 33.2 Å². The number of esters is 6. The number of hydrogen-bond acceptors (Lipinski definition) is 16. The summed E-state index contributed by atoms with van der Waals surface area (Å²) in [4.78, 5) is 70.5. The molecule has 506 valence electrons. The third-order valence-corrected chi connectivity index (χ3v) is 25.0. The largest absolute Gasteiger partial charge is 0.456 e. The zero-order chi connectivity index (χ0) is 66.7. The van der Waals surface area contributed by atoms with Crippen molar-refractivity contribution in [2.24, 2.45) is 52.3 Å². The van der Waals surface area contributed by atoms with Gasteiger partial charge in [0.25, 0.3) is 10.1 Å². The van der Waals surface area contributed by atoms with E-state index in [9.17, 15) is 37.2 Å². The second-order valence-electron chi connectivity index (χ2n) is 30.2. The van der Waals surface area contributed by atoms with Gasteiger partial charge in [0, 0.05) is 38.7 Å². The molecule has 13 fully saturated rings. The standard InChI is InChI=1S/C19H30O2.C18H28O2.C13H16O8S.C12H20O2.C11H18O2/c1-5-19(6-2,21-17(20)13(3)4)18-10-14-7-15(11-18)9-16(8-14)12-18;1-5-17(4,20-16(19)12(2)3)18-9-13-6-14(10-18)8-15(7-13)11-18;1-5(2)12(14)18-6(3)13(15)20-9-7-4-8-10(19-7)11(9)21-22(8,16)17;1-9(2)11(13)14-12(10(3)4)7-5-6-8-12;1-4-11(7-5-6-8-11)13-10(12)9(2)3/h14-16H,3,5-12H2,1-2,4H3;13-15H,2,5-11H2,1,3-4H3;6-11H,1,4H2,2-3H3;10H,1,5-8H2,2-4H3;2,4-8H2,1,3H3. The summed E-state index contributed by atoms with van der Waals surface area (Å²) in [5, 5.41) is -0.684. The SMILES string of the molecule is C=C(C)C(=O)OC(C)(CC)C12CC3CC(CC(C3)C1)C2.C=C(C)C(=O)OC(C)C(=O)OC1C2CC3C(O2)C1OS3(=O)=O.C=C(C)C(=O)OC(CC)(CC)C12CC3CC(CC(C3)C1)C2.C=C(C)C(=O)OC1(C(C)C)CCCC1.C=C(C)C(=O)OC1(CC)CCCC1. The molecular formula is C73H112O16S. The molecule has 0 spiro atoms. The van der Waals surface area contributed by atoms with E-state index in [2.05, 4.69) is 81.4 Å². The van der Waals surface area contributed by atoms with Gasteiger partial charge >= 0.3 is 35.8 Å². The monoisotopic (exact) mass is 1280 g/mol. The van der Waals surface area contributed by atoms with Crippen LogP contribution in [0, 0.1) is 52.3 Å². The molecule has 13 rings (SSSR count). The van der Waals surface area contributed by atoms with Crippen molar-refractivity contribution in [3.05, 3.63) is 60.8 Å². The lowest BCUT2D eigenvalue weighted by atomic mass is 9.44. The lowest BCUT2D eigenvalue weighted by Gasteiger charge is -2.63. The average Bonchev–Trinajstić information content (AvgIpc) is 1.30. The first kappa shape index (κ1) is 72.8. The number of hydrogen-bond donors (Lipinski definition) is 0. The molecule has 10 saturated carbocycles. The summed E-state index contributed by atoms with van der Waals surface area (Å²) < 4.78 is 67.3. The molecule has 7 atom stereocenters. The molecule has 0 amide bonds. The minimum absolute atomic E-state index is 0.163. The Morgan fingerprint density at radius 2 is 0.944 bits per heavy atom. The molecule has 90 heavy (non-hydrogen) atoms. The van der Waals surface area contributed by atoms with E-state index in [0.29, 0.717) is 28.2 Å². The molecule has 7 unspecified atom stereocenters. The maximum absolute atomic E-state index is 12.2. The quantitative estimate of drug-likeness (QED) is 0.0509. The van der Waals surface area contributed by atoms with Gasteiger partial charge in [-0.2, -0.15) is 8.42 Å². The van der Waals surface area contributed by atoms with E-state index in [1.165, 1.54) is 117 Å². The van der Waals surface area contributed by atoms with Crippen molar-refractivity contribution in [1.82, 2.24) is 0 Å². The molecule has 3 heterocycles. The van der Waals surface area contributed by atoms with Crippen molar-refractivity contribution in [3.8, 4) is 0 Å². The summed E-state index contributed by atoms with van der Waals surface area (Å²) in [6, 6.07) is 0. The summed E-state index contributed by atoms with van der Waals surface area (Å²) in [6.45, 7) is 43.0. The van der Waals surface area contributed by atoms with Gasteiger partial charge in [-0.05, 0) is 250 Å². The van der Waals surface area contributed by atoms with Crippen molar-refractivity contribution in [2.45, 2.75) is 309 Å². The number of carbonyl (C=O) groups is 6. The lowest BCUT2D eigenvalue weighted by Crippen LogP contribution is -2.59. The first-order valence-electron chi connectivity index (χ1n) is 34.3. The topological polar surface area (TPSA) is 210 Å². The van der Waals surface area contributed by atoms with E-state index in [1.54, 1.807) is 27.7 Å². The van der Waals surface area contributed by atoms with Crippen LogP contribution in [0.15, 0.2) is 60.8 Å². The van der Waals surface area contributed by atoms with Gasteiger partial charge in [0.05, 0.1) is 6.10 Å². The third-order valence-electron chi connectivity index (χ3n) is 23.3. The summed E-state index contributed by atoms with van der Waals surface area (Å²) in [5.41, 5.74) is 1.75. The van der Waals surface area contributed by atoms with Gasteiger partial charge in [0.2, 0.25) is 0 Å². The highest BCUT2D eigenvalue weighted by molar-refractivity contribution is 7.87. The average molecular weight is 1280 g/mol. The molecule has 17 heteroatoms. The Morgan fingerprint density at radius 3 is 1.34 bits per heavy atom. The highest BCUT2D eigenvalue weighted by atomic mass is 32.2. The number of carbonyl (C=O) groups excluding carboxylic acids is 6. The van der Waals surface area contributed by atoms with E-state index in [-0.39, 0.29) is 69.1 Å². The molecule has 0 aromatic rings. The highest BCUT2D eigenvalue weighted by Crippen LogP contribution is 2.67. The Balaban J connectivity index is 0.000000162. The maximum atomic E-state index is 12.2. The molecule has 13 aliphatic rings. The van der Waals surface area contributed by atoms with E-state index < -0.39 is 57.8 Å². The fraction of sp³-hybridized carbons (Fsp3) is 0.781. The Bertz CT molecular complexity index is 2750. The molecule has 0 aromatic carbocycles.